The summed E-state index contributed by atoms with van der Waals surface area (Å²) in [4.78, 5) is 0. The van der Waals surface area contributed by atoms with Crippen LogP contribution in [0.15, 0.2) is 15.7 Å². The Kier molecular flexibility index (Phi) is 1.75. The lowest BCUT2D eigenvalue weighted by Crippen LogP contribution is -2.32. The molecule has 1 aromatic heterocycles. The fourth-order valence-corrected chi connectivity index (χ4v) is 4.07. The normalized spacial score (nSPS) is 26.6. The van der Waals surface area contributed by atoms with Crippen molar-refractivity contribution >= 4 is 21.4 Å². The summed E-state index contributed by atoms with van der Waals surface area (Å²) >= 11 is 1.29. The Labute approximate surface area is 75.5 Å². The van der Waals surface area contributed by atoms with Crippen molar-refractivity contribution < 1.29 is 8.42 Å². The molecule has 0 saturated heterocycles. The van der Waals surface area contributed by atoms with E-state index in [1.165, 1.54) is 11.3 Å². The molecular weight excluding hydrogens is 194 g/mol. The molecule has 1 atom stereocenters. The molecule has 1 aliphatic heterocycles. The summed E-state index contributed by atoms with van der Waals surface area (Å²) in [5.74, 6) is 0.301. The summed E-state index contributed by atoms with van der Waals surface area (Å²) in [7, 11) is -3.16. The summed E-state index contributed by atoms with van der Waals surface area (Å²) in [6.45, 7) is 2.54. The van der Waals surface area contributed by atoms with E-state index < -0.39 is 10.0 Å². The molecule has 2 heterocycles. The van der Waals surface area contributed by atoms with Crippen LogP contribution in [0.4, 0.5) is 0 Å². The molecule has 0 aliphatic carbocycles. The maximum Gasteiger partial charge on any atom is 0.250 e. The second kappa shape index (κ2) is 2.55. The molecule has 1 aromatic rings. The molecule has 2 rings (SSSR count). The van der Waals surface area contributed by atoms with Crippen molar-refractivity contribution in [2.24, 2.45) is 0 Å². The molecule has 0 radical (unpaired) electrons. The molecule has 1 unspecified atom stereocenters. The van der Waals surface area contributed by atoms with Crippen LogP contribution in [0.25, 0.3) is 0 Å². The van der Waals surface area contributed by atoms with Gasteiger partial charge < -0.3 is 0 Å². The number of thiophene rings is 1. The van der Waals surface area contributed by atoms with E-state index in [0.29, 0.717) is 16.7 Å². The van der Waals surface area contributed by atoms with E-state index >= 15 is 0 Å². The minimum absolute atomic E-state index is 0.301. The molecule has 0 bridgehead atoms. The molecular formula is C7H9NO2S2. The first kappa shape index (κ1) is 8.22. The third-order valence-corrected chi connectivity index (χ3v) is 4.95. The monoisotopic (exact) mass is 203 g/mol. The van der Waals surface area contributed by atoms with Gasteiger partial charge in [0.05, 0.1) is 0 Å². The molecule has 1 aliphatic rings. The van der Waals surface area contributed by atoms with Gasteiger partial charge in [-0.05, 0) is 22.9 Å². The second-order valence-corrected chi connectivity index (χ2v) is 5.79. The van der Waals surface area contributed by atoms with Gasteiger partial charge in [-0.2, -0.15) is 0 Å². The first-order valence-corrected chi connectivity index (χ1v) is 6.04. The second-order valence-electron chi connectivity index (χ2n) is 2.92. The minimum Gasteiger partial charge on any atom is -0.210 e. The summed E-state index contributed by atoms with van der Waals surface area (Å²) in [5.41, 5.74) is 0.957. The summed E-state index contributed by atoms with van der Waals surface area (Å²) in [6.07, 6.45) is 0. The van der Waals surface area contributed by atoms with Gasteiger partial charge >= 0.3 is 0 Å². The maximum atomic E-state index is 11.4. The molecule has 5 heteroatoms. The molecule has 0 saturated carbocycles. The molecule has 0 amide bonds. The van der Waals surface area contributed by atoms with Gasteiger partial charge in [0.25, 0.3) is 0 Å². The third kappa shape index (κ3) is 1.09. The predicted molar refractivity (Wildman–Crippen MR) is 47.9 cm³/mol. The molecule has 3 nitrogen and oxygen atoms in total. The highest BCUT2D eigenvalue weighted by molar-refractivity contribution is 7.91. The zero-order valence-corrected chi connectivity index (χ0v) is 8.21. The average molecular weight is 203 g/mol. The van der Waals surface area contributed by atoms with Gasteiger partial charge in [0.2, 0.25) is 10.0 Å². The highest BCUT2D eigenvalue weighted by atomic mass is 32.2. The number of fused-ring (bicyclic) bond motifs is 1. The summed E-state index contributed by atoms with van der Waals surface area (Å²) < 4.78 is 25.8. The van der Waals surface area contributed by atoms with Crippen LogP contribution in [0.2, 0.25) is 0 Å². The Hall–Kier alpha value is -0.390. The van der Waals surface area contributed by atoms with Crippen molar-refractivity contribution in [2.45, 2.75) is 17.1 Å². The molecule has 0 spiro atoms. The number of hydrogen-bond acceptors (Lipinski definition) is 3. The van der Waals surface area contributed by atoms with Crippen molar-refractivity contribution in [2.75, 3.05) is 6.54 Å². The van der Waals surface area contributed by atoms with Crippen LogP contribution >= 0.6 is 11.3 Å². The largest absolute Gasteiger partial charge is 0.250 e. The Morgan fingerprint density at radius 2 is 2.42 bits per heavy atom. The first-order chi connectivity index (χ1) is 5.61. The lowest BCUT2D eigenvalue weighted by Gasteiger charge is -2.19. The SMILES string of the molecule is CC1CNS(=O)(=O)c2sccc21. The van der Waals surface area contributed by atoms with E-state index in [-0.39, 0.29) is 0 Å². The lowest BCUT2D eigenvalue weighted by atomic mass is 10.1. The Balaban J connectivity index is 2.65. The predicted octanol–water partition coefficient (Wildman–Crippen LogP) is 1.14. The molecule has 0 aromatic carbocycles. The van der Waals surface area contributed by atoms with Crippen molar-refractivity contribution in [1.82, 2.24) is 4.72 Å². The van der Waals surface area contributed by atoms with Crippen LogP contribution < -0.4 is 4.72 Å². The molecule has 0 fully saturated rings. The highest BCUT2D eigenvalue weighted by Crippen LogP contribution is 2.31. The minimum atomic E-state index is -3.16. The average Bonchev–Trinajstić information content (AvgIpc) is 2.46. The van der Waals surface area contributed by atoms with E-state index in [9.17, 15) is 8.42 Å². The van der Waals surface area contributed by atoms with Crippen LogP contribution in [0.3, 0.4) is 0 Å². The standard InChI is InChI=1S/C7H9NO2S2/c1-5-4-8-12(9,10)7-6(5)2-3-11-7/h2-3,5,8H,4H2,1H3. The third-order valence-electron chi connectivity index (χ3n) is 2.01. The zero-order chi connectivity index (χ0) is 8.77. The van der Waals surface area contributed by atoms with Crippen LogP contribution in [-0.2, 0) is 10.0 Å². The van der Waals surface area contributed by atoms with E-state index in [2.05, 4.69) is 4.72 Å². The number of rotatable bonds is 0. The van der Waals surface area contributed by atoms with Gasteiger partial charge in [0.15, 0.2) is 0 Å². The maximum absolute atomic E-state index is 11.4. The Morgan fingerprint density at radius 3 is 3.08 bits per heavy atom. The van der Waals surface area contributed by atoms with Crippen LogP contribution in [0.1, 0.15) is 18.4 Å². The molecule has 1 N–H and O–H groups in total. The van der Waals surface area contributed by atoms with Gasteiger partial charge in [-0.25, -0.2) is 13.1 Å². The van der Waals surface area contributed by atoms with Gasteiger partial charge in [-0.1, -0.05) is 6.92 Å². The molecule has 12 heavy (non-hydrogen) atoms. The fourth-order valence-electron chi connectivity index (χ4n) is 1.30. The van der Waals surface area contributed by atoms with Crippen LogP contribution in [0.5, 0.6) is 0 Å². The number of hydrogen-bond donors (Lipinski definition) is 1. The van der Waals surface area contributed by atoms with E-state index in [1.54, 1.807) is 0 Å². The van der Waals surface area contributed by atoms with Crippen molar-refractivity contribution in [1.29, 1.82) is 0 Å². The first-order valence-electron chi connectivity index (χ1n) is 3.68. The van der Waals surface area contributed by atoms with Crippen molar-refractivity contribution in [3.8, 4) is 0 Å². The Bertz CT molecular complexity index is 393. The van der Waals surface area contributed by atoms with Gasteiger partial charge in [0.1, 0.15) is 4.21 Å². The number of nitrogens with one attached hydrogen (secondary N) is 1. The topological polar surface area (TPSA) is 46.2 Å². The van der Waals surface area contributed by atoms with E-state index in [4.69, 9.17) is 0 Å². The van der Waals surface area contributed by atoms with Crippen molar-refractivity contribution in [3.63, 3.8) is 0 Å². The Morgan fingerprint density at radius 1 is 1.67 bits per heavy atom. The highest BCUT2D eigenvalue weighted by Gasteiger charge is 2.28. The lowest BCUT2D eigenvalue weighted by molar-refractivity contribution is 0.564. The van der Waals surface area contributed by atoms with E-state index in [1.807, 2.05) is 18.4 Å². The summed E-state index contributed by atoms with van der Waals surface area (Å²) in [5, 5.41) is 1.83. The smallest absolute Gasteiger partial charge is 0.210 e. The molecule has 66 valence electrons. The van der Waals surface area contributed by atoms with E-state index in [0.717, 1.165) is 5.56 Å². The van der Waals surface area contributed by atoms with Gasteiger partial charge in [-0.15, -0.1) is 11.3 Å². The summed E-state index contributed by atoms with van der Waals surface area (Å²) in [6, 6.07) is 1.89. The van der Waals surface area contributed by atoms with Crippen LogP contribution in [-0.4, -0.2) is 15.0 Å². The fraction of sp³-hybridized carbons (Fsp3) is 0.429. The van der Waals surface area contributed by atoms with Gasteiger partial charge in [-0.3, -0.25) is 0 Å². The van der Waals surface area contributed by atoms with Crippen LogP contribution in [0, 0.1) is 0 Å². The quantitative estimate of drug-likeness (QED) is 0.687. The van der Waals surface area contributed by atoms with Crippen molar-refractivity contribution in [3.05, 3.63) is 17.0 Å². The zero-order valence-electron chi connectivity index (χ0n) is 6.57. The number of sulfonamides is 1. The van der Waals surface area contributed by atoms with Gasteiger partial charge in [0, 0.05) is 6.54 Å².